The number of benzene rings is 1. The lowest BCUT2D eigenvalue weighted by atomic mass is 9.89. The van der Waals surface area contributed by atoms with Gasteiger partial charge in [0.2, 0.25) is 5.88 Å². The number of pyridine rings is 1. The fourth-order valence-corrected chi connectivity index (χ4v) is 4.06. The molecule has 1 amide bonds. The molecule has 10 heteroatoms. The number of aromatic amines is 1. The number of carbonyl (C=O) groups is 1. The highest BCUT2D eigenvalue weighted by Crippen LogP contribution is 2.31. The van der Waals surface area contributed by atoms with Gasteiger partial charge in [0.25, 0.3) is 5.91 Å². The number of hydrogen-bond donors (Lipinski definition) is 3. The summed E-state index contributed by atoms with van der Waals surface area (Å²) in [5, 5.41) is 19.1. The monoisotopic (exact) mass is 486 g/mol. The highest BCUT2D eigenvalue weighted by Gasteiger charge is 2.30. The zero-order chi connectivity index (χ0) is 25.0. The summed E-state index contributed by atoms with van der Waals surface area (Å²) in [6.07, 6.45) is 1.57. The van der Waals surface area contributed by atoms with Crippen LogP contribution in [0.15, 0.2) is 48.2 Å². The first kappa shape index (κ1) is 24.5. The number of carbonyl (C=O) groups excluding carboxylic acids is 1. The Labute approximate surface area is 200 Å². The third-order valence-electron chi connectivity index (χ3n) is 5.88. The summed E-state index contributed by atoms with van der Waals surface area (Å²) in [6, 6.07) is 9.41. The van der Waals surface area contributed by atoms with Gasteiger partial charge >= 0.3 is 6.18 Å². The zero-order valence-corrected chi connectivity index (χ0v) is 19.0. The van der Waals surface area contributed by atoms with E-state index in [9.17, 15) is 23.1 Å². The SMILES string of the molecule is Cc1[nH]nc(CO)c1C(=O)NC1CCC(=Cc2cccc(Oc3ccc(C(F)(F)F)cn3)c2)CC1. The number of aromatic nitrogens is 3. The molecule has 3 aromatic rings. The van der Waals surface area contributed by atoms with E-state index in [1.165, 1.54) is 11.6 Å². The van der Waals surface area contributed by atoms with Crippen LogP contribution in [-0.4, -0.2) is 32.2 Å². The number of nitrogens with zero attached hydrogens (tertiary/aromatic N) is 2. The molecule has 7 nitrogen and oxygen atoms in total. The Balaban J connectivity index is 1.34. The topological polar surface area (TPSA) is 100 Å². The largest absolute Gasteiger partial charge is 0.439 e. The number of allylic oxidation sites excluding steroid dienone is 1. The molecule has 0 unspecified atom stereocenters. The molecule has 0 radical (unpaired) electrons. The van der Waals surface area contributed by atoms with Crippen LogP contribution in [0.5, 0.6) is 11.6 Å². The van der Waals surface area contributed by atoms with Gasteiger partial charge in [-0.05, 0) is 56.4 Å². The van der Waals surface area contributed by atoms with Crippen molar-refractivity contribution in [3.8, 4) is 11.6 Å². The highest BCUT2D eigenvalue weighted by molar-refractivity contribution is 5.96. The van der Waals surface area contributed by atoms with Crippen molar-refractivity contribution in [1.82, 2.24) is 20.5 Å². The Morgan fingerprint density at radius 1 is 1.26 bits per heavy atom. The van der Waals surface area contributed by atoms with E-state index in [4.69, 9.17) is 4.74 Å². The number of aliphatic hydroxyl groups is 1. The van der Waals surface area contributed by atoms with Crippen LogP contribution in [0.4, 0.5) is 13.2 Å². The van der Waals surface area contributed by atoms with Gasteiger partial charge in [-0.2, -0.15) is 18.3 Å². The fraction of sp³-hybridized carbons (Fsp3) is 0.320. The summed E-state index contributed by atoms with van der Waals surface area (Å²) >= 11 is 0. The zero-order valence-electron chi connectivity index (χ0n) is 19.0. The number of amides is 1. The van der Waals surface area contributed by atoms with Crippen molar-refractivity contribution in [3.05, 3.63) is 76.2 Å². The smallest absolute Gasteiger partial charge is 0.417 e. The van der Waals surface area contributed by atoms with E-state index in [2.05, 4.69) is 26.6 Å². The first-order chi connectivity index (χ1) is 16.7. The molecule has 1 aliphatic carbocycles. The van der Waals surface area contributed by atoms with Crippen molar-refractivity contribution in [2.75, 3.05) is 0 Å². The van der Waals surface area contributed by atoms with Crippen LogP contribution in [0, 0.1) is 6.92 Å². The third kappa shape index (κ3) is 6.07. The lowest BCUT2D eigenvalue weighted by molar-refractivity contribution is -0.137. The van der Waals surface area contributed by atoms with Gasteiger partial charge in [0.15, 0.2) is 0 Å². The summed E-state index contributed by atoms with van der Waals surface area (Å²) < 4.78 is 43.7. The standard InChI is InChI=1S/C25H25F3N4O3/c1-15-23(21(14-33)32-31-15)24(34)30-19-8-5-16(6-9-19)11-17-3-2-4-20(12-17)35-22-10-7-18(13-29-22)25(26,27)28/h2-4,7,10-13,19,33H,5-6,8-9,14H2,1H3,(H,30,34)(H,31,32). The molecule has 3 N–H and O–H groups in total. The van der Waals surface area contributed by atoms with Crippen molar-refractivity contribution in [3.63, 3.8) is 0 Å². The van der Waals surface area contributed by atoms with Crippen LogP contribution in [0.3, 0.4) is 0 Å². The maximum absolute atomic E-state index is 12.7. The number of aliphatic hydroxyl groups excluding tert-OH is 1. The van der Waals surface area contributed by atoms with Gasteiger partial charge in [0.05, 0.1) is 17.7 Å². The Hall–Kier alpha value is -3.66. The number of nitrogens with one attached hydrogen (secondary N) is 2. The third-order valence-corrected chi connectivity index (χ3v) is 5.88. The van der Waals surface area contributed by atoms with Gasteiger partial charge in [-0.3, -0.25) is 9.89 Å². The lowest BCUT2D eigenvalue weighted by Gasteiger charge is -2.25. The van der Waals surface area contributed by atoms with Crippen molar-refractivity contribution in [2.24, 2.45) is 0 Å². The molecule has 2 aromatic heterocycles. The summed E-state index contributed by atoms with van der Waals surface area (Å²) in [4.78, 5) is 16.4. The number of halogens is 3. The normalized spacial score (nSPS) is 16.1. The average Bonchev–Trinajstić information content (AvgIpc) is 3.21. The van der Waals surface area contributed by atoms with Crippen molar-refractivity contribution in [2.45, 2.75) is 51.4 Å². The quantitative estimate of drug-likeness (QED) is 0.446. The van der Waals surface area contributed by atoms with Gasteiger partial charge < -0.3 is 15.2 Å². The second-order valence-corrected chi connectivity index (χ2v) is 8.44. The van der Waals surface area contributed by atoms with Crippen LogP contribution in [-0.2, 0) is 12.8 Å². The molecular weight excluding hydrogens is 461 g/mol. The molecule has 0 saturated heterocycles. The molecule has 0 spiro atoms. The van der Waals surface area contributed by atoms with E-state index in [-0.39, 0.29) is 24.4 Å². The van der Waals surface area contributed by atoms with Crippen molar-refractivity contribution in [1.29, 1.82) is 0 Å². The van der Waals surface area contributed by atoms with E-state index >= 15 is 0 Å². The Morgan fingerprint density at radius 3 is 2.69 bits per heavy atom. The summed E-state index contributed by atoms with van der Waals surface area (Å²) in [5.41, 5.74) is 2.67. The van der Waals surface area contributed by atoms with Crippen molar-refractivity contribution >= 4 is 12.0 Å². The van der Waals surface area contributed by atoms with Crippen molar-refractivity contribution < 1.29 is 27.8 Å². The minimum Gasteiger partial charge on any atom is -0.439 e. The maximum Gasteiger partial charge on any atom is 0.417 e. The molecule has 0 bridgehead atoms. The van der Waals surface area contributed by atoms with Crippen LogP contribution < -0.4 is 10.1 Å². The van der Waals surface area contributed by atoms with Gasteiger partial charge in [0.1, 0.15) is 11.4 Å². The van der Waals surface area contributed by atoms with Gasteiger partial charge in [0, 0.05) is 24.0 Å². The predicted octanol–water partition coefficient (Wildman–Crippen LogP) is 5.17. The van der Waals surface area contributed by atoms with E-state index < -0.39 is 11.7 Å². The molecule has 1 fully saturated rings. The minimum absolute atomic E-state index is 0.0286. The first-order valence-electron chi connectivity index (χ1n) is 11.2. The van der Waals surface area contributed by atoms with Crippen LogP contribution in [0.1, 0.15) is 58.6 Å². The van der Waals surface area contributed by atoms with E-state index in [0.717, 1.165) is 43.5 Å². The molecule has 184 valence electrons. The summed E-state index contributed by atoms with van der Waals surface area (Å²) in [7, 11) is 0. The number of hydrogen-bond acceptors (Lipinski definition) is 5. The second kappa shape index (κ2) is 10.3. The molecule has 0 atom stereocenters. The maximum atomic E-state index is 12.7. The molecule has 0 aliphatic heterocycles. The molecule has 35 heavy (non-hydrogen) atoms. The first-order valence-corrected chi connectivity index (χ1v) is 11.2. The predicted molar refractivity (Wildman–Crippen MR) is 123 cm³/mol. The molecule has 1 aromatic carbocycles. The number of H-pyrrole nitrogens is 1. The van der Waals surface area contributed by atoms with Gasteiger partial charge in [-0.15, -0.1) is 0 Å². The average molecular weight is 486 g/mol. The highest BCUT2D eigenvalue weighted by atomic mass is 19.4. The Morgan fingerprint density at radius 2 is 2.03 bits per heavy atom. The number of rotatable bonds is 6. The number of alkyl halides is 3. The fourth-order valence-electron chi connectivity index (χ4n) is 4.06. The van der Waals surface area contributed by atoms with E-state index in [1.807, 2.05) is 12.1 Å². The Kier molecular flexibility index (Phi) is 7.20. The van der Waals surface area contributed by atoms with Crippen LogP contribution in [0.25, 0.3) is 6.08 Å². The second-order valence-electron chi connectivity index (χ2n) is 8.44. The van der Waals surface area contributed by atoms with E-state index in [0.29, 0.717) is 22.7 Å². The van der Waals surface area contributed by atoms with Crippen LogP contribution >= 0.6 is 0 Å². The van der Waals surface area contributed by atoms with E-state index in [1.54, 1.807) is 19.1 Å². The van der Waals surface area contributed by atoms with Crippen LogP contribution in [0.2, 0.25) is 0 Å². The molecule has 1 aliphatic rings. The molecule has 4 rings (SSSR count). The molecule has 2 heterocycles. The Bertz CT molecular complexity index is 1210. The molecular formula is C25H25F3N4O3. The summed E-state index contributed by atoms with van der Waals surface area (Å²) in [6.45, 7) is 1.44. The lowest BCUT2D eigenvalue weighted by Crippen LogP contribution is -2.37. The number of ether oxygens (including phenoxy) is 1. The molecule has 1 saturated carbocycles. The number of aryl methyl sites for hydroxylation is 1. The van der Waals surface area contributed by atoms with Gasteiger partial charge in [-0.25, -0.2) is 4.98 Å². The minimum atomic E-state index is -4.44. The summed E-state index contributed by atoms with van der Waals surface area (Å²) in [5.74, 6) is 0.318. The van der Waals surface area contributed by atoms with Gasteiger partial charge in [-0.1, -0.05) is 23.8 Å².